The molecule has 1 unspecified atom stereocenters. The second-order valence-electron chi connectivity index (χ2n) is 8.28. The van der Waals surface area contributed by atoms with Crippen LogP contribution in [0, 0.1) is 12.8 Å². The number of nitrogens with zero attached hydrogens (tertiary/aromatic N) is 4. The number of fused-ring (bicyclic) bond motifs is 2. The molecule has 0 saturated heterocycles. The fourth-order valence-corrected chi connectivity index (χ4v) is 4.58. The quantitative estimate of drug-likeness (QED) is 0.455. The summed E-state index contributed by atoms with van der Waals surface area (Å²) < 4.78 is 5.96. The first-order chi connectivity index (χ1) is 14.2. The standard InChI is InChI=1S/C20H22ClN5O4/c1-8-4-9-5-12(30-13(9)7-22-8)14-17(21)24-19(26(2)3)25-18(14)23-11-6-10-15(27)20(10,29)16(11)28/h4-5,7,10-11,15-16,27-29H,6H2,1-3H3,(H,23,24,25)/t10-,11-,15?,16+,20+/m1/s1. The lowest BCUT2D eigenvalue weighted by molar-refractivity contribution is -0.0262. The molecule has 3 aromatic heterocycles. The number of furan rings is 1. The molecule has 9 nitrogen and oxygen atoms in total. The summed E-state index contributed by atoms with van der Waals surface area (Å²) in [6, 6.07) is 3.25. The summed E-state index contributed by atoms with van der Waals surface area (Å²) in [7, 11) is 3.59. The van der Waals surface area contributed by atoms with Crippen molar-refractivity contribution in [1.82, 2.24) is 15.0 Å². The van der Waals surface area contributed by atoms with Crippen molar-refractivity contribution >= 4 is 34.3 Å². The molecule has 0 aromatic carbocycles. The highest BCUT2D eigenvalue weighted by molar-refractivity contribution is 6.32. The van der Waals surface area contributed by atoms with E-state index in [1.54, 1.807) is 25.2 Å². The first-order valence-electron chi connectivity index (χ1n) is 9.66. The Balaban J connectivity index is 1.58. The van der Waals surface area contributed by atoms with Crippen LogP contribution < -0.4 is 10.2 Å². The minimum absolute atomic E-state index is 0.191. The maximum absolute atomic E-state index is 10.6. The monoisotopic (exact) mass is 431 g/mol. The first kappa shape index (κ1) is 19.5. The van der Waals surface area contributed by atoms with Crippen molar-refractivity contribution in [3.63, 3.8) is 0 Å². The van der Waals surface area contributed by atoms with Gasteiger partial charge in [-0.05, 0) is 25.5 Å². The van der Waals surface area contributed by atoms with Crippen molar-refractivity contribution in [2.24, 2.45) is 5.92 Å². The number of anilines is 2. The molecule has 30 heavy (non-hydrogen) atoms. The van der Waals surface area contributed by atoms with Crippen LogP contribution in [0.2, 0.25) is 5.15 Å². The van der Waals surface area contributed by atoms with Gasteiger partial charge in [-0.15, -0.1) is 0 Å². The predicted molar refractivity (Wildman–Crippen MR) is 112 cm³/mol. The molecule has 158 valence electrons. The van der Waals surface area contributed by atoms with Gasteiger partial charge >= 0.3 is 0 Å². The number of nitrogens with one attached hydrogen (secondary N) is 1. The third-order valence-electron chi connectivity index (χ3n) is 6.06. The predicted octanol–water partition coefficient (Wildman–Crippen LogP) is 1.58. The van der Waals surface area contributed by atoms with E-state index in [4.69, 9.17) is 16.0 Å². The van der Waals surface area contributed by atoms with Gasteiger partial charge in [0, 0.05) is 31.1 Å². The molecule has 5 atom stereocenters. The molecule has 0 spiro atoms. The normalized spacial score (nSPS) is 29.8. The van der Waals surface area contributed by atoms with Gasteiger partial charge in [0.1, 0.15) is 28.4 Å². The summed E-state index contributed by atoms with van der Waals surface area (Å²) in [6.07, 6.45) is 0.0161. The summed E-state index contributed by atoms with van der Waals surface area (Å²) >= 11 is 6.54. The molecule has 3 aromatic rings. The van der Waals surface area contributed by atoms with Gasteiger partial charge in [0.25, 0.3) is 0 Å². The van der Waals surface area contributed by atoms with Gasteiger partial charge in [0.15, 0.2) is 5.58 Å². The molecule has 2 saturated carbocycles. The molecule has 5 rings (SSSR count). The molecule has 0 bridgehead atoms. The van der Waals surface area contributed by atoms with Gasteiger partial charge in [-0.3, -0.25) is 4.98 Å². The molecule has 0 aliphatic heterocycles. The Kier molecular flexibility index (Phi) is 4.24. The van der Waals surface area contributed by atoms with E-state index in [2.05, 4.69) is 20.3 Å². The highest BCUT2D eigenvalue weighted by Gasteiger charge is 2.74. The molecular formula is C20H22ClN5O4. The van der Waals surface area contributed by atoms with Gasteiger partial charge in [-0.1, -0.05) is 11.6 Å². The third kappa shape index (κ3) is 2.77. The summed E-state index contributed by atoms with van der Waals surface area (Å²) in [5, 5.41) is 35.1. The van der Waals surface area contributed by atoms with Crippen molar-refractivity contribution < 1.29 is 19.7 Å². The average molecular weight is 432 g/mol. The number of pyridine rings is 1. The molecule has 2 aliphatic rings. The Morgan fingerprint density at radius 2 is 2.00 bits per heavy atom. The minimum atomic E-state index is -1.47. The van der Waals surface area contributed by atoms with Crippen LogP contribution in [0.5, 0.6) is 0 Å². The SMILES string of the molecule is Cc1cc2cc(-c3c(Cl)nc(N(C)C)nc3N[C@@H]3C[C@@H]4C(O)[C@]4(O)[C@H]3O)oc2cn1. The third-order valence-corrected chi connectivity index (χ3v) is 6.34. The summed E-state index contributed by atoms with van der Waals surface area (Å²) in [5.41, 5.74) is 0.450. The van der Waals surface area contributed by atoms with Crippen LogP contribution in [0.4, 0.5) is 11.8 Å². The van der Waals surface area contributed by atoms with E-state index in [-0.39, 0.29) is 11.1 Å². The Morgan fingerprint density at radius 1 is 1.23 bits per heavy atom. The smallest absolute Gasteiger partial charge is 0.228 e. The highest BCUT2D eigenvalue weighted by Crippen LogP contribution is 2.56. The lowest BCUT2D eigenvalue weighted by atomic mass is 10.1. The maximum Gasteiger partial charge on any atom is 0.228 e. The molecule has 0 amide bonds. The van der Waals surface area contributed by atoms with E-state index < -0.39 is 23.9 Å². The summed E-state index contributed by atoms with van der Waals surface area (Å²) in [5.74, 6) is 0.869. The van der Waals surface area contributed by atoms with Gasteiger partial charge in [-0.25, -0.2) is 4.98 Å². The van der Waals surface area contributed by atoms with Crippen LogP contribution in [0.25, 0.3) is 22.3 Å². The van der Waals surface area contributed by atoms with Crippen molar-refractivity contribution in [3.05, 3.63) is 29.2 Å². The molecule has 2 fully saturated rings. The number of hydrogen-bond acceptors (Lipinski definition) is 9. The Morgan fingerprint density at radius 3 is 2.67 bits per heavy atom. The maximum atomic E-state index is 10.6. The van der Waals surface area contributed by atoms with E-state index in [0.29, 0.717) is 35.1 Å². The molecule has 4 N–H and O–H groups in total. The zero-order chi connectivity index (χ0) is 21.4. The van der Waals surface area contributed by atoms with E-state index in [1.165, 1.54) is 0 Å². The van der Waals surface area contributed by atoms with Crippen LogP contribution >= 0.6 is 11.6 Å². The van der Waals surface area contributed by atoms with Gasteiger partial charge in [0.2, 0.25) is 5.95 Å². The molecule has 2 aliphatic carbocycles. The minimum Gasteiger partial charge on any atom is -0.454 e. The number of aliphatic hydroxyl groups excluding tert-OH is 2. The van der Waals surface area contributed by atoms with E-state index in [9.17, 15) is 15.3 Å². The van der Waals surface area contributed by atoms with Gasteiger partial charge in [0.05, 0.1) is 23.9 Å². The topological polar surface area (TPSA) is 128 Å². The number of rotatable bonds is 4. The Labute approximate surface area is 177 Å². The molecule has 10 heteroatoms. The van der Waals surface area contributed by atoms with Crippen LogP contribution in [0.15, 0.2) is 22.7 Å². The highest BCUT2D eigenvalue weighted by atomic mass is 35.5. The zero-order valence-electron chi connectivity index (χ0n) is 16.7. The molecule has 0 radical (unpaired) electrons. The number of halogens is 1. The average Bonchev–Trinajstić information content (AvgIpc) is 2.96. The lowest BCUT2D eigenvalue weighted by Gasteiger charge is -2.25. The Hall–Kier alpha value is -2.46. The van der Waals surface area contributed by atoms with E-state index >= 15 is 0 Å². The summed E-state index contributed by atoms with van der Waals surface area (Å²) in [4.78, 5) is 14.9. The van der Waals surface area contributed by atoms with Crippen molar-refractivity contribution in [1.29, 1.82) is 0 Å². The zero-order valence-corrected chi connectivity index (χ0v) is 17.4. The van der Waals surface area contributed by atoms with Crippen molar-refractivity contribution in [2.45, 2.75) is 37.2 Å². The van der Waals surface area contributed by atoms with Gasteiger partial charge in [-0.2, -0.15) is 4.98 Å². The second-order valence-corrected chi connectivity index (χ2v) is 8.63. The lowest BCUT2D eigenvalue weighted by Crippen LogP contribution is -2.42. The van der Waals surface area contributed by atoms with Gasteiger partial charge < -0.3 is 30.0 Å². The van der Waals surface area contributed by atoms with Crippen LogP contribution in [0.1, 0.15) is 12.1 Å². The fourth-order valence-electron chi connectivity index (χ4n) is 4.32. The number of hydrogen-bond donors (Lipinski definition) is 4. The van der Waals surface area contributed by atoms with Crippen LogP contribution in [0.3, 0.4) is 0 Å². The van der Waals surface area contributed by atoms with E-state index in [1.807, 2.05) is 19.1 Å². The van der Waals surface area contributed by atoms with Crippen molar-refractivity contribution in [3.8, 4) is 11.3 Å². The summed E-state index contributed by atoms with van der Waals surface area (Å²) in [6.45, 7) is 1.90. The second kappa shape index (κ2) is 6.52. The van der Waals surface area contributed by atoms with Crippen LogP contribution in [-0.4, -0.2) is 68.2 Å². The first-order valence-corrected chi connectivity index (χ1v) is 10.0. The van der Waals surface area contributed by atoms with Crippen LogP contribution in [-0.2, 0) is 0 Å². The van der Waals surface area contributed by atoms with Crippen molar-refractivity contribution in [2.75, 3.05) is 24.3 Å². The number of aromatic nitrogens is 3. The fraction of sp³-hybridized carbons (Fsp3) is 0.450. The number of aryl methyl sites for hydroxylation is 1. The largest absolute Gasteiger partial charge is 0.454 e. The number of aliphatic hydroxyl groups is 3. The Bertz CT molecular complexity index is 1150. The molecular weight excluding hydrogens is 410 g/mol. The molecule has 3 heterocycles. The van der Waals surface area contributed by atoms with E-state index in [0.717, 1.165) is 11.1 Å².